The number of carboxylic acids is 1. The van der Waals surface area contributed by atoms with Crippen LogP contribution in [0.3, 0.4) is 0 Å². The number of furan rings is 1. The second-order valence-electron chi connectivity index (χ2n) is 4.11. The summed E-state index contributed by atoms with van der Waals surface area (Å²) in [6, 6.07) is 6.96. The SMILES string of the molecule is COc1cc(C)c(-c2ccc(C(=O)O)o2)cc1C. The number of carbonyl (C=O) groups is 1. The minimum atomic E-state index is -1.07. The Balaban J connectivity index is 2.50. The maximum absolute atomic E-state index is 10.8. The van der Waals surface area contributed by atoms with Crippen molar-refractivity contribution in [3.63, 3.8) is 0 Å². The highest BCUT2D eigenvalue weighted by Gasteiger charge is 2.13. The Kier molecular flexibility index (Phi) is 3.10. The lowest BCUT2D eigenvalue weighted by atomic mass is 10.0. The number of carboxylic acid groups (broad SMARTS) is 1. The quantitative estimate of drug-likeness (QED) is 0.902. The molecule has 0 radical (unpaired) electrons. The molecule has 94 valence electrons. The van der Waals surface area contributed by atoms with Crippen LogP contribution in [0.1, 0.15) is 21.7 Å². The van der Waals surface area contributed by atoms with Gasteiger partial charge in [0.15, 0.2) is 0 Å². The van der Waals surface area contributed by atoms with Crippen LogP contribution in [0.4, 0.5) is 0 Å². The fourth-order valence-electron chi connectivity index (χ4n) is 1.87. The molecule has 4 nitrogen and oxygen atoms in total. The van der Waals surface area contributed by atoms with E-state index in [1.165, 1.54) is 6.07 Å². The van der Waals surface area contributed by atoms with Crippen molar-refractivity contribution < 1.29 is 19.1 Å². The molecule has 1 heterocycles. The van der Waals surface area contributed by atoms with Crippen LogP contribution in [-0.2, 0) is 0 Å². The monoisotopic (exact) mass is 246 g/mol. The Hall–Kier alpha value is -2.23. The standard InChI is InChI=1S/C14H14O4/c1-8-7-13(17-3)9(2)6-10(8)11-4-5-12(18-11)14(15)16/h4-7H,1-3H3,(H,15,16). The van der Waals surface area contributed by atoms with Crippen molar-refractivity contribution in [3.8, 4) is 17.1 Å². The lowest BCUT2D eigenvalue weighted by Crippen LogP contribution is -1.92. The third-order valence-corrected chi connectivity index (χ3v) is 2.82. The molecule has 2 rings (SSSR count). The molecule has 0 unspecified atom stereocenters. The fraction of sp³-hybridized carbons (Fsp3) is 0.214. The van der Waals surface area contributed by atoms with E-state index < -0.39 is 5.97 Å². The van der Waals surface area contributed by atoms with E-state index in [4.69, 9.17) is 14.3 Å². The van der Waals surface area contributed by atoms with E-state index in [2.05, 4.69) is 0 Å². The molecule has 0 aliphatic carbocycles. The van der Waals surface area contributed by atoms with E-state index in [0.29, 0.717) is 5.76 Å². The third-order valence-electron chi connectivity index (χ3n) is 2.82. The molecule has 0 aliphatic heterocycles. The first kappa shape index (κ1) is 12.2. The van der Waals surface area contributed by atoms with Crippen molar-refractivity contribution in [2.24, 2.45) is 0 Å². The molecule has 0 aliphatic rings. The molecule has 0 saturated heterocycles. The van der Waals surface area contributed by atoms with Gasteiger partial charge < -0.3 is 14.3 Å². The van der Waals surface area contributed by atoms with E-state index in [9.17, 15) is 4.79 Å². The molecule has 0 fully saturated rings. The zero-order chi connectivity index (χ0) is 13.3. The predicted molar refractivity (Wildman–Crippen MR) is 67.1 cm³/mol. The minimum absolute atomic E-state index is 0.0575. The summed E-state index contributed by atoms with van der Waals surface area (Å²) >= 11 is 0. The average Bonchev–Trinajstić information content (AvgIpc) is 2.81. The summed E-state index contributed by atoms with van der Waals surface area (Å²) in [6.45, 7) is 3.86. The van der Waals surface area contributed by atoms with E-state index in [0.717, 1.165) is 22.4 Å². The van der Waals surface area contributed by atoms with Gasteiger partial charge in [0.25, 0.3) is 0 Å². The number of aromatic carboxylic acids is 1. The summed E-state index contributed by atoms with van der Waals surface area (Å²) in [5.74, 6) is 0.235. The van der Waals surface area contributed by atoms with Crippen molar-refractivity contribution in [2.45, 2.75) is 13.8 Å². The van der Waals surface area contributed by atoms with Crippen LogP contribution in [0.5, 0.6) is 5.75 Å². The van der Waals surface area contributed by atoms with Gasteiger partial charge in [-0.05, 0) is 49.2 Å². The van der Waals surface area contributed by atoms with Gasteiger partial charge in [-0.2, -0.15) is 0 Å². The Morgan fingerprint density at radius 1 is 1.22 bits per heavy atom. The van der Waals surface area contributed by atoms with Crippen LogP contribution in [0, 0.1) is 13.8 Å². The normalized spacial score (nSPS) is 10.4. The van der Waals surface area contributed by atoms with Gasteiger partial charge in [-0.15, -0.1) is 0 Å². The predicted octanol–water partition coefficient (Wildman–Crippen LogP) is 3.27. The Morgan fingerprint density at radius 3 is 2.50 bits per heavy atom. The maximum atomic E-state index is 10.8. The average molecular weight is 246 g/mol. The first-order chi connectivity index (χ1) is 8.52. The lowest BCUT2D eigenvalue weighted by molar-refractivity contribution is 0.0663. The van der Waals surface area contributed by atoms with Gasteiger partial charge >= 0.3 is 5.97 Å². The van der Waals surface area contributed by atoms with Gasteiger partial charge in [0, 0.05) is 5.56 Å². The molecular weight excluding hydrogens is 232 g/mol. The van der Waals surface area contributed by atoms with E-state index in [1.54, 1.807) is 13.2 Å². The van der Waals surface area contributed by atoms with Crippen LogP contribution in [-0.4, -0.2) is 18.2 Å². The fourth-order valence-corrected chi connectivity index (χ4v) is 1.87. The molecule has 1 aromatic heterocycles. The van der Waals surface area contributed by atoms with Crippen molar-refractivity contribution in [3.05, 3.63) is 41.2 Å². The molecule has 1 N–H and O–H groups in total. The van der Waals surface area contributed by atoms with Crippen molar-refractivity contribution in [1.82, 2.24) is 0 Å². The molecule has 0 spiro atoms. The number of benzene rings is 1. The van der Waals surface area contributed by atoms with Gasteiger partial charge in [-0.25, -0.2) is 4.79 Å². The summed E-state index contributed by atoms with van der Waals surface area (Å²) in [5.41, 5.74) is 2.83. The molecule has 1 aromatic carbocycles. The summed E-state index contributed by atoms with van der Waals surface area (Å²) in [4.78, 5) is 10.8. The Labute approximate surface area is 105 Å². The molecule has 0 atom stereocenters. The molecule has 0 amide bonds. The first-order valence-corrected chi connectivity index (χ1v) is 5.51. The minimum Gasteiger partial charge on any atom is -0.496 e. The zero-order valence-electron chi connectivity index (χ0n) is 10.5. The third kappa shape index (κ3) is 2.09. The molecular formula is C14H14O4. The Bertz CT molecular complexity index is 596. The van der Waals surface area contributed by atoms with Gasteiger partial charge in [0.05, 0.1) is 7.11 Å². The van der Waals surface area contributed by atoms with Gasteiger partial charge in [0.1, 0.15) is 11.5 Å². The van der Waals surface area contributed by atoms with Gasteiger partial charge in [-0.3, -0.25) is 0 Å². The second kappa shape index (κ2) is 4.56. The maximum Gasteiger partial charge on any atom is 0.371 e. The van der Waals surface area contributed by atoms with Gasteiger partial charge in [-0.1, -0.05) is 0 Å². The van der Waals surface area contributed by atoms with Crippen LogP contribution in [0.25, 0.3) is 11.3 Å². The van der Waals surface area contributed by atoms with Crippen LogP contribution in [0.2, 0.25) is 0 Å². The first-order valence-electron chi connectivity index (χ1n) is 5.51. The zero-order valence-corrected chi connectivity index (χ0v) is 10.5. The van der Waals surface area contributed by atoms with Crippen LogP contribution < -0.4 is 4.74 Å². The number of aryl methyl sites for hydroxylation is 2. The lowest BCUT2D eigenvalue weighted by Gasteiger charge is -2.09. The number of rotatable bonds is 3. The molecule has 18 heavy (non-hydrogen) atoms. The number of hydrogen-bond donors (Lipinski definition) is 1. The van der Waals surface area contributed by atoms with E-state index >= 15 is 0 Å². The van der Waals surface area contributed by atoms with Crippen LogP contribution >= 0.6 is 0 Å². The summed E-state index contributed by atoms with van der Waals surface area (Å²) in [7, 11) is 1.62. The van der Waals surface area contributed by atoms with Crippen LogP contribution in [0.15, 0.2) is 28.7 Å². The highest BCUT2D eigenvalue weighted by molar-refractivity contribution is 5.85. The van der Waals surface area contributed by atoms with E-state index in [-0.39, 0.29) is 5.76 Å². The highest BCUT2D eigenvalue weighted by atomic mass is 16.5. The van der Waals surface area contributed by atoms with E-state index in [1.807, 2.05) is 26.0 Å². The number of methoxy groups -OCH3 is 1. The number of ether oxygens (including phenoxy) is 1. The van der Waals surface area contributed by atoms with Crippen molar-refractivity contribution in [2.75, 3.05) is 7.11 Å². The summed E-state index contributed by atoms with van der Waals surface area (Å²) in [5, 5.41) is 8.84. The molecule has 0 saturated carbocycles. The molecule has 2 aromatic rings. The largest absolute Gasteiger partial charge is 0.496 e. The Morgan fingerprint density at radius 2 is 1.94 bits per heavy atom. The summed E-state index contributed by atoms with van der Waals surface area (Å²) in [6.07, 6.45) is 0. The van der Waals surface area contributed by atoms with Crippen molar-refractivity contribution >= 4 is 5.97 Å². The highest BCUT2D eigenvalue weighted by Crippen LogP contribution is 2.31. The van der Waals surface area contributed by atoms with Gasteiger partial charge in [0.2, 0.25) is 5.76 Å². The smallest absolute Gasteiger partial charge is 0.371 e. The molecule has 4 heteroatoms. The second-order valence-corrected chi connectivity index (χ2v) is 4.11. The van der Waals surface area contributed by atoms with Crippen molar-refractivity contribution in [1.29, 1.82) is 0 Å². The molecule has 0 bridgehead atoms. The number of hydrogen-bond acceptors (Lipinski definition) is 3. The summed E-state index contributed by atoms with van der Waals surface area (Å²) < 4.78 is 10.5. The topological polar surface area (TPSA) is 59.7 Å².